The minimum absolute atomic E-state index is 0.521. The maximum atomic E-state index is 5.92. The average molecular weight is 405 g/mol. The number of nitrogens with zero attached hydrogens (tertiary/aromatic N) is 2. The summed E-state index contributed by atoms with van der Waals surface area (Å²) in [5, 5.41) is 0. The zero-order chi connectivity index (χ0) is 21.2. The lowest BCUT2D eigenvalue weighted by Crippen LogP contribution is -2.07. The average Bonchev–Trinajstić information content (AvgIpc) is 2.81. The molecule has 0 aliphatic heterocycles. The van der Waals surface area contributed by atoms with Crippen LogP contribution in [0.4, 0.5) is 0 Å². The van der Waals surface area contributed by atoms with Gasteiger partial charge in [-0.05, 0) is 66.3 Å². The molecule has 30 heavy (non-hydrogen) atoms. The molecule has 1 atom stereocenters. The van der Waals surface area contributed by atoms with Crippen LogP contribution in [0.3, 0.4) is 0 Å². The molecule has 0 spiro atoms. The monoisotopic (exact) mass is 404 g/mol. The highest BCUT2D eigenvalue weighted by Crippen LogP contribution is 2.21. The van der Waals surface area contributed by atoms with E-state index in [4.69, 9.17) is 9.47 Å². The first kappa shape index (κ1) is 21.8. The van der Waals surface area contributed by atoms with Gasteiger partial charge in [0.1, 0.15) is 18.1 Å². The van der Waals surface area contributed by atoms with E-state index in [1.54, 1.807) is 0 Å². The first-order valence-electron chi connectivity index (χ1n) is 10.9. The van der Waals surface area contributed by atoms with Gasteiger partial charge in [-0.15, -0.1) is 0 Å². The van der Waals surface area contributed by atoms with E-state index in [0.717, 1.165) is 47.9 Å². The van der Waals surface area contributed by atoms with E-state index in [9.17, 15) is 0 Å². The summed E-state index contributed by atoms with van der Waals surface area (Å²) in [4.78, 5) is 9.00. The van der Waals surface area contributed by atoms with Crippen molar-refractivity contribution in [1.82, 2.24) is 9.97 Å². The SMILES string of the molecule is CCCCc1cnc(-c2ccc(OCc3ccc(OCC(C)CC)cc3)cc2)nc1. The third-order valence-corrected chi connectivity index (χ3v) is 5.20. The Hall–Kier alpha value is -2.88. The second-order valence-electron chi connectivity index (χ2n) is 7.80. The van der Waals surface area contributed by atoms with Crippen molar-refractivity contribution in [1.29, 1.82) is 0 Å². The molecule has 0 fully saturated rings. The topological polar surface area (TPSA) is 44.2 Å². The Labute approximate surface area is 180 Å². The Morgan fingerprint density at radius 2 is 1.43 bits per heavy atom. The molecule has 0 saturated carbocycles. The Morgan fingerprint density at radius 1 is 0.800 bits per heavy atom. The lowest BCUT2D eigenvalue weighted by Gasteiger charge is -2.11. The van der Waals surface area contributed by atoms with Crippen molar-refractivity contribution in [2.45, 2.75) is 53.1 Å². The normalized spacial score (nSPS) is 11.8. The van der Waals surface area contributed by atoms with Gasteiger partial charge in [0.25, 0.3) is 0 Å². The Balaban J connectivity index is 1.51. The molecule has 0 amide bonds. The molecule has 1 heterocycles. The predicted molar refractivity (Wildman–Crippen MR) is 122 cm³/mol. The van der Waals surface area contributed by atoms with E-state index in [2.05, 4.69) is 30.7 Å². The number of ether oxygens (including phenoxy) is 2. The summed E-state index contributed by atoms with van der Waals surface area (Å²) in [6.45, 7) is 7.84. The fourth-order valence-electron chi connectivity index (χ4n) is 2.92. The number of rotatable bonds is 11. The molecule has 1 aromatic heterocycles. The van der Waals surface area contributed by atoms with Gasteiger partial charge in [-0.1, -0.05) is 45.7 Å². The minimum Gasteiger partial charge on any atom is -0.493 e. The smallest absolute Gasteiger partial charge is 0.159 e. The molecule has 3 aromatic rings. The highest BCUT2D eigenvalue weighted by Gasteiger charge is 2.04. The van der Waals surface area contributed by atoms with Crippen molar-refractivity contribution >= 4 is 0 Å². The summed E-state index contributed by atoms with van der Waals surface area (Å²) >= 11 is 0. The second-order valence-corrected chi connectivity index (χ2v) is 7.80. The van der Waals surface area contributed by atoms with Crippen LogP contribution in [0, 0.1) is 5.92 Å². The van der Waals surface area contributed by atoms with Crippen molar-refractivity contribution in [3.63, 3.8) is 0 Å². The Kier molecular flexibility index (Phi) is 8.25. The Bertz CT molecular complexity index is 874. The Morgan fingerprint density at radius 3 is 2.07 bits per heavy atom. The molecule has 0 aliphatic carbocycles. The molecule has 1 unspecified atom stereocenters. The van der Waals surface area contributed by atoms with Crippen LogP contribution >= 0.6 is 0 Å². The summed E-state index contributed by atoms with van der Waals surface area (Å²) in [5.41, 5.74) is 3.30. The number of hydrogen-bond acceptors (Lipinski definition) is 4. The quantitative estimate of drug-likeness (QED) is 0.366. The van der Waals surface area contributed by atoms with Gasteiger partial charge < -0.3 is 9.47 Å². The van der Waals surface area contributed by atoms with Gasteiger partial charge in [0, 0.05) is 18.0 Å². The summed E-state index contributed by atoms with van der Waals surface area (Å²) in [5.74, 6) is 3.05. The maximum Gasteiger partial charge on any atom is 0.159 e. The van der Waals surface area contributed by atoms with E-state index >= 15 is 0 Å². The molecule has 0 radical (unpaired) electrons. The van der Waals surface area contributed by atoms with Crippen molar-refractivity contribution in [2.75, 3.05) is 6.61 Å². The zero-order valence-electron chi connectivity index (χ0n) is 18.3. The van der Waals surface area contributed by atoms with Gasteiger partial charge >= 0.3 is 0 Å². The molecular weight excluding hydrogens is 372 g/mol. The maximum absolute atomic E-state index is 5.92. The van der Waals surface area contributed by atoms with Gasteiger partial charge in [0.15, 0.2) is 5.82 Å². The molecule has 4 heteroatoms. The summed E-state index contributed by atoms with van der Waals surface area (Å²) < 4.78 is 11.7. The molecule has 0 aliphatic rings. The number of aromatic nitrogens is 2. The van der Waals surface area contributed by atoms with Gasteiger partial charge in [-0.3, -0.25) is 0 Å². The van der Waals surface area contributed by atoms with Crippen molar-refractivity contribution < 1.29 is 9.47 Å². The predicted octanol–water partition coefficient (Wildman–Crippen LogP) is 6.49. The summed E-state index contributed by atoms with van der Waals surface area (Å²) in [7, 11) is 0. The van der Waals surface area contributed by atoms with Gasteiger partial charge in [0.2, 0.25) is 0 Å². The number of benzene rings is 2. The van der Waals surface area contributed by atoms with Crippen molar-refractivity contribution in [2.24, 2.45) is 5.92 Å². The number of unbranched alkanes of at least 4 members (excludes halogenated alkanes) is 1. The second kappa shape index (κ2) is 11.3. The lowest BCUT2D eigenvalue weighted by molar-refractivity contribution is 0.256. The standard InChI is InChI=1S/C26H32N2O2/c1-4-6-7-22-16-27-26(28-17-22)23-10-14-25(15-11-23)30-19-21-8-12-24(13-9-21)29-18-20(3)5-2/h8-17,20H,4-7,18-19H2,1-3H3. The number of hydrogen-bond donors (Lipinski definition) is 0. The molecule has 0 bridgehead atoms. The van der Waals surface area contributed by atoms with Crippen LogP contribution in [0.1, 0.15) is 51.2 Å². The molecule has 0 saturated heterocycles. The van der Waals surface area contributed by atoms with E-state index in [0.29, 0.717) is 12.5 Å². The van der Waals surface area contributed by atoms with Crippen LogP contribution in [0.2, 0.25) is 0 Å². The first-order valence-corrected chi connectivity index (χ1v) is 10.9. The lowest BCUT2D eigenvalue weighted by atomic mass is 10.1. The molecule has 2 aromatic carbocycles. The fourth-order valence-corrected chi connectivity index (χ4v) is 2.92. The van der Waals surface area contributed by atoms with E-state index in [1.165, 1.54) is 18.4 Å². The highest BCUT2D eigenvalue weighted by atomic mass is 16.5. The van der Waals surface area contributed by atoms with E-state index in [1.807, 2.05) is 60.9 Å². The van der Waals surface area contributed by atoms with Crippen molar-refractivity contribution in [3.05, 3.63) is 72.1 Å². The largest absolute Gasteiger partial charge is 0.493 e. The van der Waals surface area contributed by atoms with E-state index < -0.39 is 0 Å². The fraction of sp³-hybridized carbons (Fsp3) is 0.385. The number of aryl methyl sites for hydroxylation is 1. The first-order chi connectivity index (χ1) is 14.7. The summed E-state index contributed by atoms with van der Waals surface area (Å²) in [6, 6.07) is 16.0. The van der Waals surface area contributed by atoms with Crippen LogP contribution in [-0.2, 0) is 13.0 Å². The van der Waals surface area contributed by atoms with Crippen LogP contribution < -0.4 is 9.47 Å². The van der Waals surface area contributed by atoms with Crippen LogP contribution in [0.15, 0.2) is 60.9 Å². The summed E-state index contributed by atoms with van der Waals surface area (Å²) in [6.07, 6.45) is 8.37. The van der Waals surface area contributed by atoms with Gasteiger partial charge in [-0.2, -0.15) is 0 Å². The third kappa shape index (κ3) is 6.58. The molecule has 158 valence electrons. The third-order valence-electron chi connectivity index (χ3n) is 5.20. The zero-order valence-corrected chi connectivity index (χ0v) is 18.3. The van der Waals surface area contributed by atoms with E-state index in [-0.39, 0.29) is 0 Å². The molecule has 0 N–H and O–H groups in total. The van der Waals surface area contributed by atoms with Gasteiger partial charge in [0.05, 0.1) is 6.61 Å². The molecular formula is C26H32N2O2. The molecule has 3 rings (SSSR count). The van der Waals surface area contributed by atoms with Gasteiger partial charge in [-0.25, -0.2) is 9.97 Å². The molecule has 4 nitrogen and oxygen atoms in total. The van der Waals surface area contributed by atoms with Crippen molar-refractivity contribution in [3.8, 4) is 22.9 Å². The van der Waals surface area contributed by atoms with Crippen LogP contribution in [0.25, 0.3) is 11.4 Å². The highest BCUT2D eigenvalue weighted by molar-refractivity contribution is 5.55. The van der Waals surface area contributed by atoms with Crippen LogP contribution in [0.5, 0.6) is 11.5 Å². The minimum atomic E-state index is 0.521. The van der Waals surface area contributed by atoms with Crippen LogP contribution in [-0.4, -0.2) is 16.6 Å².